The summed E-state index contributed by atoms with van der Waals surface area (Å²) >= 11 is 3.18. The van der Waals surface area contributed by atoms with E-state index in [9.17, 15) is 4.79 Å². The molecule has 9 heteroatoms. The summed E-state index contributed by atoms with van der Waals surface area (Å²) < 4.78 is 12.9. The number of ether oxygens (including phenoxy) is 2. The number of thioether (sulfide) groups is 1. The van der Waals surface area contributed by atoms with Gasteiger partial charge in [-0.1, -0.05) is 23.9 Å². The maximum Gasteiger partial charge on any atom is 0.231 e. The molecule has 5 rings (SSSR count). The monoisotopic (exact) mass is 428 g/mol. The molecule has 2 aromatic heterocycles. The number of nitrogens with zero attached hydrogens (tertiary/aromatic N) is 3. The van der Waals surface area contributed by atoms with Crippen LogP contribution < -0.4 is 14.8 Å². The van der Waals surface area contributed by atoms with Crippen molar-refractivity contribution >= 4 is 29.0 Å². The number of carbonyl (C=O) groups is 1. The number of benzene rings is 1. The molecule has 0 unspecified atom stereocenters. The Bertz CT molecular complexity index is 1010. The van der Waals surface area contributed by atoms with Crippen LogP contribution in [0.3, 0.4) is 0 Å². The molecule has 150 valence electrons. The molecule has 1 amide bonds. The lowest BCUT2D eigenvalue weighted by atomic mass is 10.2. The molecule has 0 radical (unpaired) electrons. The fraction of sp³-hybridized carbons (Fsp3) is 0.350. The fourth-order valence-corrected chi connectivity index (χ4v) is 4.78. The topological polar surface area (TPSA) is 78.3 Å². The fourth-order valence-electron chi connectivity index (χ4n) is 3.23. The largest absolute Gasteiger partial charge is 0.454 e. The first-order valence-corrected chi connectivity index (χ1v) is 11.4. The molecule has 3 aromatic rings. The third kappa shape index (κ3) is 4.25. The molecular weight excluding hydrogens is 408 g/mol. The molecule has 0 bridgehead atoms. The van der Waals surface area contributed by atoms with Crippen LogP contribution in [0.15, 0.2) is 40.9 Å². The zero-order valence-corrected chi connectivity index (χ0v) is 17.3. The number of rotatable bonds is 8. The van der Waals surface area contributed by atoms with E-state index < -0.39 is 0 Å². The van der Waals surface area contributed by atoms with Crippen molar-refractivity contribution in [3.05, 3.63) is 52.0 Å². The third-order valence-corrected chi connectivity index (χ3v) is 6.64. The molecule has 7 nitrogen and oxygen atoms in total. The zero-order chi connectivity index (χ0) is 19.6. The highest BCUT2D eigenvalue weighted by Crippen LogP contribution is 2.39. The molecule has 1 fully saturated rings. The number of hydrogen-bond acceptors (Lipinski definition) is 7. The second-order valence-electron chi connectivity index (χ2n) is 7.01. The quantitative estimate of drug-likeness (QED) is 0.554. The van der Waals surface area contributed by atoms with Gasteiger partial charge in [-0.3, -0.25) is 4.79 Å². The van der Waals surface area contributed by atoms with Gasteiger partial charge in [0, 0.05) is 23.9 Å². The summed E-state index contributed by atoms with van der Waals surface area (Å²) in [6.45, 7) is 0.701. The normalized spacial score (nSPS) is 14.9. The van der Waals surface area contributed by atoms with Crippen molar-refractivity contribution in [3.63, 3.8) is 0 Å². The number of amides is 1. The van der Waals surface area contributed by atoms with Crippen LogP contribution in [0, 0.1) is 0 Å². The lowest BCUT2D eigenvalue weighted by molar-refractivity contribution is -0.118. The van der Waals surface area contributed by atoms with Crippen molar-refractivity contribution in [2.75, 3.05) is 12.5 Å². The van der Waals surface area contributed by atoms with Gasteiger partial charge in [0.05, 0.1) is 5.75 Å². The lowest BCUT2D eigenvalue weighted by Gasteiger charge is -2.09. The Morgan fingerprint density at radius 1 is 1.24 bits per heavy atom. The highest BCUT2D eigenvalue weighted by Gasteiger charge is 2.30. The minimum absolute atomic E-state index is 0.0298. The van der Waals surface area contributed by atoms with Crippen LogP contribution in [0.2, 0.25) is 0 Å². The highest BCUT2D eigenvalue weighted by molar-refractivity contribution is 7.99. The molecule has 3 heterocycles. The van der Waals surface area contributed by atoms with Gasteiger partial charge < -0.3 is 19.4 Å². The van der Waals surface area contributed by atoms with Crippen LogP contribution in [-0.2, 0) is 17.8 Å². The van der Waals surface area contributed by atoms with Crippen LogP contribution in [0.25, 0.3) is 0 Å². The number of nitrogens with one attached hydrogen (secondary N) is 1. The maximum atomic E-state index is 12.3. The molecule has 0 spiro atoms. The number of fused-ring (bicyclic) bond motifs is 1. The molecule has 1 aliphatic carbocycles. The second-order valence-corrected chi connectivity index (χ2v) is 8.98. The van der Waals surface area contributed by atoms with Crippen molar-refractivity contribution < 1.29 is 14.3 Å². The number of aromatic nitrogens is 3. The summed E-state index contributed by atoms with van der Waals surface area (Å²) in [5.41, 5.74) is 0.979. The Hall–Kier alpha value is -2.52. The van der Waals surface area contributed by atoms with Gasteiger partial charge in [0.15, 0.2) is 16.7 Å². The highest BCUT2D eigenvalue weighted by atomic mass is 32.2. The van der Waals surface area contributed by atoms with Crippen LogP contribution in [0.5, 0.6) is 11.5 Å². The van der Waals surface area contributed by atoms with Crippen molar-refractivity contribution in [2.45, 2.75) is 37.0 Å². The molecule has 2 aliphatic rings. The average Bonchev–Trinajstić information content (AvgIpc) is 3.12. The van der Waals surface area contributed by atoms with Gasteiger partial charge in [0.2, 0.25) is 12.7 Å². The van der Waals surface area contributed by atoms with Crippen molar-refractivity contribution in [1.29, 1.82) is 0 Å². The van der Waals surface area contributed by atoms with Crippen LogP contribution in [0.1, 0.15) is 35.1 Å². The Balaban J connectivity index is 1.18. The van der Waals surface area contributed by atoms with Gasteiger partial charge in [-0.2, -0.15) is 0 Å². The van der Waals surface area contributed by atoms with E-state index in [1.165, 1.54) is 16.6 Å². The minimum atomic E-state index is -0.0298. The van der Waals surface area contributed by atoms with Gasteiger partial charge in [-0.15, -0.1) is 21.5 Å². The molecule has 0 saturated heterocycles. The molecule has 29 heavy (non-hydrogen) atoms. The predicted octanol–water partition coefficient (Wildman–Crippen LogP) is 3.40. The number of hydrogen-bond donors (Lipinski definition) is 1. The Morgan fingerprint density at radius 2 is 2.14 bits per heavy atom. The van der Waals surface area contributed by atoms with E-state index in [1.807, 2.05) is 18.2 Å². The van der Waals surface area contributed by atoms with E-state index in [-0.39, 0.29) is 12.7 Å². The zero-order valence-electron chi connectivity index (χ0n) is 15.7. The summed E-state index contributed by atoms with van der Waals surface area (Å²) in [6, 6.07) is 10.3. The summed E-state index contributed by atoms with van der Waals surface area (Å²) in [5.74, 6) is 2.74. The van der Waals surface area contributed by atoms with Crippen molar-refractivity contribution in [2.24, 2.45) is 0 Å². The maximum absolute atomic E-state index is 12.3. The minimum Gasteiger partial charge on any atom is -0.454 e. The van der Waals surface area contributed by atoms with Gasteiger partial charge in [0.25, 0.3) is 0 Å². The van der Waals surface area contributed by atoms with E-state index in [0.29, 0.717) is 18.3 Å². The van der Waals surface area contributed by atoms with Gasteiger partial charge in [-0.25, -0.2) is 0 Å². The average molecular weight is 429 g/mol. The van der Waals surface area contributed by atoms with Gasteiger partial charge in [0.1, 0.15) is 5.82 Å². The number of carbonyl (C=O) groups excluding carboxylic acids is 1. The molecule has 1 N–H and O–H groups in total. The van der Waals surface area contributed by atoms with Gasteiger partial charge in [-0.05, 0) is 42.0 Å². The van der Waals surface area contributed by atoms with Crippen LogP contribution >= 0.6 is 23.1 Å². The smallest absolute Gasteiger partial charge is 0.231 e. The third-order valence-electron chi connectivity index (χ3n) is 4.82. The first-order chi connectivity index (χ1) is 14.3. The van der Waals surface area contributed by atoms with E-state index in [4.69, 9.17) is 9.47 Å². The second kappa shape index (κ2) is 8.08. The molecule has 1 aliphatic heterocycles. The first-order valence-electron chi connectivity index (χ1n) is 9.50. The molecule has 1 saturated carbocycles. The van der Waals surface area contributed by atoms with E-state index in [2.05, 4.69) is 37.6 Å². The van der Waals surface area contributed by atoms with E-state index >= 15 is 0 Å². The van der Waals surface area contributed by atoms with Crippen LogP contribution in [-0.4, -0.2) is 33.2 Å². The lowest BCUT2D eigenvalue weighted by Crippen LogP contribution is -2.24. The Kier molecular flexibility index (Phi) is 5.15. The summed E-state index contributed by atoms with van der Waals surface area (Å²) in [5, 5.41) is 14.6. The summed E-state index contributed by atoms with van der Waals surface area (Å²) in [4.78, 5) is 13.6. The summed E-state index contributed by atoms with van der Waals surface area (Å²) in [6.07, 6.45) is 3.09. The van der Waals surface area contributed by atoms with Gasteiger partial charge >= 0.3 is 0 Å². The molecular formula is C20H20N4O3S2. The Labute approximate surface area is 176 Å². The SMILES string of the molecule is O=C(CSc1nnc(Cc2cccs2)n1C1CC1)NCc1ccc2c(c1)OCO2. The molecule has 1 aromatic carbocycles. The predicted molar refractivity (Wildman–Crippen MR) is 111 cm³/mol. The van der Waals surface area contributed by atoms with Crippen LogP contribution in [0.4, 0.5) is 0 Å². The van der Waals surface area contributed by atoms with Crippen molar-refractivity contribution in [1.82, 2.24) is 20.1 Å². The Morgan fingerprint density at radius 3 is 2.97 bits per heavy atom. The van der Waals surface area contributed by atoms with E-state index in [0.717, 1.165) is 47.3 Å². The van der Waals surface area contributed by atoms with Crippen molar-refractivity contribution in [3.8, 4) is 11.5 Å². The molecule has 0 atom stereocenters. The van der Waals surface area contributed by atoms with E-state index in [1.54, 1.807) is 11.3 Å². The number of thiophene rings is 1. The summed E-state index contributed by atoms with van der Waals surface area (Å²) in [7, 11) is 0. The first kappa shape index (κ1) is 18.5. The standard InChI is InChI=1S/C20H20N4O3S2/c25-19(21-10-13-3-6-16-17(8-13)27-12-26-16)11-29-20-23-22-18(24(20)14-4-5-14)9-15-2-1-7-28-15/h1-3,6-8,14H,4-5,9-12H2,(H,21,25).